The summed E-state index contributed by atoms with van der Waals surface area (Å²) in [6.45, 7) is 3.35. The highest BCUT2D eigenvalue weighted by atomic mass is 127. The van der Waals surface area contributed by atoms with Crippen molar-refractivity contribution >= 4 is 45.6 Å². The summed E-state index contributed by atoms with van der Waals surface area (Å²) in [5, 5.41) is 13.4. The van der Waals surface area contributed by atoms with Gasteiger partial charge in [-0.3, -0.25) is 4.99 Å². The number of sulfonamides is 1. The Kier molecular flexibility index (Phi) is 8.95. The zero-order valence-electron chi connectivity index (χ0n) is 18.0. The molecule has 2 N–H and O–H groups in total. The molecule has 0 saturated carbocycles. The molecule has 10 heteroatoms. The van der Waals surface area contributed by atoms with Crippen molar-refractivity contribution in [3.8, 4) is 5.75 Å². The van der Waals surface area contributed by atoms with Crippen molar-refractivity contribution in [3.63, 3.8) is 0 Å². The average Bonchev–Trinajstić information content (AvgIpc) is 2.75. The normalized spacial score (nSPS) is 15.0. The van der Waals surface area contributed by atoms with E-state index in [1.54, 1.807) is 25.2 Å². The van der Waals surface area contributed by atoms with Gasteiger partial charge in [-0.25, -0.2) is 12.7 Å². The van der Waals surface area contributed by atoms with Gasteiger partial charge in [0.05, 0.1) is 10.6 Å². The smallest absolute Gasteiger partial charge is 0.242 e. The molecule has 0 aliphatic carbocycles. The maximum absolute atomic E-state index is 12.6. The zero-order chi connectivity index (χ0) is 21.7. The number of para-hydroxylation sites is 2. The number of nitrogens with zero attached hydrogens (tertiary/aromatic N) is 4. The van der Waals surface area contributed by atoms with E-state index in [0.717, 1.165) is 37.8 Å². The SMILES string of the molecule is CN=C(NCc1ccccc1S(=O)(=O)N(C)C)N1CCN(c2ccccc2O)CC1.I. The van der Waals surface area contributed by atoms with E-state index in [9.17, 15) is 13.5 Å². The molecule has 1 saturated heterocycles. The van der Waals surface area contributed by atoms with Gasteiger partial charge in [-0.1, -0.05) is 30.3 Å². The number of piperazine rings is 1. The first kappa shape index (κ1) is 25.2. The van der Waals surface area contributed by atoms with Gasteiger partial charge < -0.3 is 20.2 Å². The lowest BCUT2D eigenvalue weighted by molar-refractivity contribution is 0.369. The predicted octanol–water partition coefficient (Wildman–Crippen LogP) is 2.16. The monoisotopic (exact) mass is 559 g/mol. The topological polar surface area (TPSA) is 88.5 Å². The molecular weight excluding hydrogens is 529 g/mol. The van der Waals surface area contributed by atoms with Crippen LogP contribution in [0.3, 0.4) is 0 Å². The highest BCUT2D eigenvalue weighted by Gasteiger charge is 2.23. The number of aromatic hydroxyl groups is 1. The molecule has 8 nitrogen and oxygen atoms in total. The number of rotatable bonds is 5. The van der Waals surface area contributed by atoms with Crippen LogP contribution in [-0.4, -0.2) is 76.0 Å². The maximum atomic E-state index is 12.6. The number of nitrogens with one attached hydrogen (secondary N) is 1. The first-order chi connectivity index (χ1) is 14.3. The van der Waals surface area contributed by atoms with Gasteiger partial charge in [0.15, 0.2) is 5.96 Å². The third kappa shape index (κ3) is 5.80. The molecule has 0 unspecified atom stereocenters. The summed E-state index contributed by atoms with van der Waals surface area (Å²) in [5.74, 6) is 1.01. The number of halogens is 1. The molecule has 0 radical (unpaired) electrons. The number of hydrogen-bond donors (Lipinski definition) is 2. The van der Waals surface area contributed by atoms with E-state index in [1.807, 2.05) is 30.3 Å². The van der Waals surface area contributed by atoms with Crippen molar-refractivity contribution in [2.75, 3.05) is 52.2 Å². The second kappa shape index (κ2) is 11.0. The quantitative estimate of drug-likeness (QED) is 0.332. The van der Waals surface area contributed by atoms with Crippen LogP contribution in [0.1, 0.15) is 5.56 Å². The first-order valence-electron chi connectivity index (χ1n) is 9.83. The van der Waals surface area contributed by atoms with Crippen LogP contribution in [0.25, 0.3) is 0 Å². The fourth-order valence-electron chi connectivity index (χ4n) is 3.50. The lowest BCUT2D eigenvalue weighted by Gasteiger charge is -2.37. The molecule has 31 heavy (non-hydrogen) atoms. The Morgan fingerprint density at radius 2 is 1.68 bits per heavy atom. The molecule has 1 aliphatic heterocycles. The highest BCUT2D eigenvalue weighted by molar-refractivity contribution is 14.0. The molecule has 1 heterocycles. The summed E-state index contributed by atoms with van der Waals surface area (Å²) in [5.41, 5.74) is 1.53. The first-order valence-corrected chi connectivity index (χ1v) is 11.3. The number of benzene rings is 2. The number of guanidine groups is 1. The minimum Gasteiger partial charge on any atom is -0.506 e. The Labute approximate surface area is 201 Å². The largest absolute Gasteiger partial charge is 0.506 e. The second-order valence-electron chi connectivity index (χ2n) is 7.26. The zero-order valence-corrected chi connectivity index (χ0v) is 21.2. The Bertz CT molecular complexity index is 1010. The third-order valence-electron chi connectivity index (χ3n) is 5.18. The summed E-state index contributed by atoms with van der Waals surface area (Å²) in [6.07, 6.45) is 0. The molecule has 0 atom stereocenters. The van der Waals surface area contributed by atoms with Crippen molar-refractivity contribution < 1.29 is 13.5 Å². The minimum absolute atomic E-state index is 0. The van der Waals surface area contributed by atoms with Crippen molar-refractivity contribution in [1.82, 2.24) is 14.5 Å². The van der Waals surface area contributed by atoms with Gasteiger partial charge in [-0.2, -0.15) is 0 Å². The molecule has 0 spiro atoms. The summed E-state index contributed by atoms with van der Waals surface area (Å²) >= 11 is 0. The minimum atomic E-state index is -3.52. The van der Waals surface area contributed by atoms with Gasteiger partial charge in [0.1, 0.15) is 5.75 Å². The van der Waals surface area contributed by atoms with Crippen molar-refractivity contribution in [2.24, 2.45) is 4.99 Å². The summed E-state index contributed by atoms with van der Waals surface area (Å²) < 4.78 is 26.4. The lowest BCUT2D eigenvalue weighted by Crippen LogP contribution is -2.52. The lowest BCUT2D eigenvalue weighted by atomic mass is 10.2. The van der Waals surface area contributed by atoms with Crippen LogP contribution >= 0.6 is 24.0 Å². The fraction of sp³-hybridized carbons (Fsp3) is 0.381. The van der Waals surface area contributed by atoms with Crippen LogP contribution in [-0.2, 0) is 16.6 Å². The van der Waals surface area contributed by atoms with Crippen LogP contribution in [0.15, 0.2) is 58.4 Å². The van der Waals surface area contributed by atoms with Gasteiger partial charge in [0.25, 0.3) is 0 Å². The van der Waals surface area contributed by atoms with Gasteiger partial charge >= 0.3 is 0 Å². The van der Waals surface area contributed by atoms with Crippen LogP contribution < -0.4 is 10.2 Å². The van der Waals surface area contributed by atoms with Gasteiger partial charge in [-0.05, 0) is 23.8 Å². The molecule has 0 amide bonds. The third-order valence-corrected chi connectivity index (χ3v) is 7.10. The van der Waals surface area contributed by atoms with E-state index in [0.29, 0.717) is 17.0 Å². The summed E-state index contributed by atoms with van der Waals surface area (Å²) in [7, 11) is 1.26. The number of hydrogen-bond acceptors (Lipinski definition) is 5. The van der Waals surface area contributed by atoms with E-state index >= 15 is 0 Å². The van der Waals surface area contributed by atoms with Gasteiger partial charge in [-0.15, -0.1) is 24.0 Å². The Hall–Kier alpha value is -2.05. The van der Waals surface area contributed by atoms with Crippen molar-refractivity contribution in [2.45, 2.75) is 11.4 Å². The van der Waals surface area contributed by atoms with E-state index < -0.39 is 10.0 Å². The molecule has 2 aromatic rings. The van der Waals surface area contributed by atoms with Crippen LogP contribution in [0, 0.1) is 0 Å². The number of phenolic OH excluding ortho intramolecular Hbond substituents is 1. The number of phenols is 1. The molecule has 1 fully saturated rings. The Balaban J connectivity index is 0.00000341. The molecule has 1 aliphatic rings. The molecule has 2 aromatic carbocycles. The van der Waals surface area contributed by atoms with E-state index in [-0.39, 0.29) is 29.7 Å². The van der Waals surface area contributed by atoms with Crippen LogP contribution in [0.4, 0.5) is 5.69 Å². The summed E-state index contributed by atoms with van der Waals surface area (Å²) in [6, 6.07) is 14.3. The van der Waals surface area contributed by atoms with Crippen LogP contribution in [0.5, 0.6) is 5.75 Å². The number of anilines is 1. The summed E-state index contributed by atoms with van der Waals surface area (Å²) in [4.78, 5) is 8.96. The van der Waals surface area contributed by atoms with Gasteiger partial charge in [0, 0.05) is 53.9 Å². The number of aliphatic imine (C=N–C) groups is 1. The van der Waals surface area contributed by atoms with Crippen molar-refractivity contribution in [3.05, 3.63) is 54.1 Å². The maximum Gasteiger partial charge on any atom is 0.242 e. The predicted molar refractivity (Wildman–Crippen MR) is 135 cm³/mol. The van der Waals surface area contributed by atoms with Crippen molar-refractivity contribution in [1.29, 1.82) is 0 Å². The second-order valence-corrected chi connectivity index (χ2v) is 9.38. The standard InChI is InChI=1S/C21H29N5O3S.HI/c1-22-21(23-16-17-8-4-7-11-20(17)30(28,29)24(2)3)26-14-12-25(13-15-26)18-9-5-6-10-19(18)27;/h4-11,27H,12-16H2,1-3H3,(H,22,23);1H. The molecular formula is C21H30IN5O3S. The molecule has 0 bridgehead atoms. The molecule has 3 rings (SSSR count). The molecule has 0 aromatic heterocycles. The van der Waals surface area contributed by atoms with Crippen LogP contribution in [0.2, 0.25) is 0 Å². The highest BCUT2D eigenvalue weighted by Crippen LogP contribution is 2.27. The van der Waals surface area contributed by atoms with E-state index in [1.165, 1.54) is 18.4 Å². The van der Waals surface area contributed by atoms with Gasteiger partial charge in [0.2, 0.25) is 10.0 Å². The Morgan fingerprint density at radius 3 is 2.29 bits per heavy atom. The van der Waals surface area contributed by atoms with E-state index in [2.05, 4.69) is 20.1 Å². The average molecular weight is 559 g/mol. The fourth-order valence-corrected chi connectivity index (χ4v) is 4.61. The molecule has 170 valence electrons. The Morgan fingerprint density at radius 1 is 1.06 bits per heavy atom. The van der Waals surface area contributed by atoms with E-state index in [4.69, 9.17) is 0 Å².